The molecule has 104 valence electrons. The Balaban J connectivity index is 1.91. The number of halogens is 2. The predicted molar refractivity (Wildman–Crippen MR) is 81.0 cm³/mol. The van der Waals surface area contributed by atoms with E-state index >= 15 is 0 Å². The zero-order valence-electron chi connectivity index (χ0n) is 11.0. The standard InChI is InChI=1S/C15H20Cl2N2/c16-13-6-2-5-12(14(13)17)15(11-3-1-4-11)19-9-7-18-8-10-19/h2,5-6,11,15,18H,1,3-4,7-10H2/t15-/m1/s1. The zero-order chi connectivity index (χ0) is 13.2. The maximum Gasteiger partial charge on any atom is 0.0640 e. The summed E-state index contributed by atoms with van der Waals surface area (Å²) in [7, 11) is 0. The summed E-state index contributed by atoms with van der Waals surface area (Å²) in [6, 6.07) is 6.50. The van der Waals surface area contributed by atoms with E-state index in [9.17, 15) is 0 Å². The Morgan fingerprint density at radius 1 is 1.16 bits per heavy atom. The second-order valence-electron chi connectivity index (χ2n) is 5.56. The smallest absolute Gasteiger partial charge is 0.0640 e. The number of nitrogens with zero attached hydrogens (tertiary/aromatic N) is 1. The molecular formula is C15H20Cl2N2. The van der Waals surface area contributed by atoms with E-state index in [2.05, 4.69) is 16.3 Å². The lowest BCUT2D eigenvalue weighted by Crippen LogP contribution is -2.47. The van der Waals surface area contributed by atoms with Crippen LogP contribution in [0, 0.1) is 5.92 Å². The highest BCUT2D eigenvalue weighted by Crippen LogP contribution is 2.44. The highest BCUT2D eigenvalue weighted by atomic mass is 35.5. The minimum atomic E-state index is 0.446. The van der Waals surface area contributed by atoms with Crippen LogP contribution in [-0.4, -0.2) is 31.1 Å². The van der Waals surface area contributed by atoms with Crippen LogP contribution in [0.4, 0.5) is 0 Å². The predicted octanol–water partition coefficient (Wildman–Crippen LogP) is 3.74. The minimum Gasteiger partial charge on any atom is -0.314 e. The lowest BCUT2D eigenvalue weighted by atomic mass is 9.76. The molecule has 0 radical (unpaired) electrons. The fourth-order valence-electron chi connectivity index (χ4n) is 3.21. The summed E-state index contributed by atoms with van der Waals surface area (Å²) in [5.74, 6) is 0.745. The summed E-state index contributed by atoms with van der Waals surface area (Å²) < 4.78 is 0. The molecule has 1 heterocycles. The molecule has 3 rings (SSSR count). The molecule has 1 aliphatic heterocycles. The van der Waals surface area contributed by atoms with Crippen molar-refractivity contribution in [1.82, 2.24) is 10.2 Å². The van der Waals surface area contributed by atoms with Crippen molar-refractivity contribution in [1.29, 1.82) is 0 Å². The Labute approximate surface area is 125 Å². The average Bonchev–Trinajstić information content (AvgIpc) is 2.38. The molecule has 2 nitrogen and oxygen atoms in total. The molecule has 2 aliphatic rings. The summed E-state index contributed by atoms with van der Waals surface area (Å²) in [6.45, 7) is 4.34. The first-order valence-electron chi connectivity index (χ1n) is 7.16. The van der Waals surface area contributed by atoms with Gasteiger partial charge < -0.3 is 5.32 Å². The van der Waals surface area contributed by atoms with E-state index < -0.39 is 0 Å². The minimum absolute atomic E-state index is 0.446. The molecule has 1 aliphatic carbocycles. The average molecular weight is 299 g/mol. The third-order valence-corrected chi connectivity index (χ3v) is 5.27. The molecule has 1 saturated heterocycles. The Hall–Kier alpha value is -0.280. The topological polar surface area (TPSA) is 15.3 Å². The van der Waals surface area contributed by atoms with Gasteiger partial charge in [-0.2, -0.15) is 0 Å². The number of hydrogen-bond donors (Lipinski definition) is 1. The number of rotatable bonds is 3. The molecule has 0 spiro atoms. The quantitative estimate of drug-likeness (QED) is 0.914. The van der Waals surface area contributed by atoms with Crippen LogP contribution in [0.15, 0.2) is 18.2 Å². The van der Waals surface area contributed by atoms with E-state index in [0.29, 0.717) is 11.1 Å². The lowest BCUT2D eigenvalue weighted by molar-refractivity contribution is 0.0838. The van der Waals surface area contributed by atoms with E-state index in [-0.39, 0.29) is 0 Å². The molecule has 1 aromatic carbocycles. The van der Waals surface area contributed by atoms with Crippen LogP contribution < -0.4 is 5.32 Å². The molecule has 0 unspecified atom stereocenters. The van der Waals surface area contributed by atoms with Crippen molar-refractivity contribution in [3.63, 3.8) is 0 Å². The molecule has 2 fully saturated rings. The van der Waals surface area contributed by atoms with E-state index in [4.69, 9.17) is 23.2 Å². The van der Waals surface area contributed by atoms with Crippen LogP contribution in [-0.2, 0) is 0 Å². The van der Waals surface area contributed by atoms with Crippen LogP contribution in [0.1, 0.15) is 30.9 Å². The van der Waals surface area contributed by atoms with Gasteiger partial charge >= 0.3 is 0 Å². The van der Waals surface area contributed by atoms with Gasteiger partial charge in [0, 0.05) is 32.2 Å². The van der Waals surface area contributed by atoms with E-state index in [1.54, 1.807) is 0 Å². The summed E-state index contributed by atoms with van der Waals surface area (Å²) in [5, 5.41) is 4.85. The van der Waals surface area contributed by atoms with Crippen molar-refractivity contribution in [2.75, 3.05) is 26.2 Å². The number of benzene rings is 1. The fraction of sp³-hybridized carbons (Fsp3) is 0.600. The first-order valence-corrected chi connectivity index (χ1v) is 7.91. The van der Waals surface area contributed by atoms with Gasteiger partial charge in [-0.25, -0.2) is 0 Å². The Morgan fingerprint density at radius 3 is 2.53 bits per heavy atom. The highest BCUT2D eigenvalue weighted by Gasteiger charge is 2.34. The van der Waals surface area contributed by atoms with Crippen LogP contribution >= 0.6 is 23.2 Å². The van der Waals surface area contributed by atoms with Gasteiger partial charge in [0.15, 0.2) is 0 Å². The third-order valence-electron chi connectivity index (χ3n) is 4.44. The zero-order valence-corrected chi connectivity index (χ0v) is 12.6. The van der Waals surface area contributed by atoms with Crippen LogP contribution in [0.5, 0.6) is 0 Å². The van der Waals surface area contributed by atoms with Crippen molar-refractivity contribution >= 4 is 23.2 Å². The second kappa shape index (κ2) is 6.01. The van der Waals surface area contributed by atoms with E-state index in [0.717, 1.165) is 37.1 Å². The van der Waals surface area contributed by atoms with Gasteiger partial charge in [-0.15, -0.1) is 0 Å². The molecule has 1 aromatic rings. The largest absolute Gasteiger partial charge is 0.314 e. The first kappa shape index (κ1) is 13.7. The number of hydrogen-bond acceptors (Lipinski definition) is 2. The summed E-state index contributed by atoms with van der Waals surface area (Å²) >= 11 is 12.7. The van der Waals surface area contributed by atoms with Gasteiger partial charge in [0.2, 0.25) is 0 Å². The second-order valence-corrected chi connectivity index (χ2v) is 6.35. The Bertz CT molecular complexity index is 440. The third kappa shape index (κ3) is 2.78. The maximum atomic E-state index is 6.46. The normalized spacial score (nSPS) is 23.1. The molecular weight excluding hydrogens is 279 g/mol. The van der Waals surface area contributed by atoms with E-state index in [1.807, 2.05) is 12.1 Å². The molecule has 0 amide bonds. The molecule has 1 atom stereocenters. The van der Waals surface area contributed by atoms with Crippen LogP contribution in [0.25, 0.3) is 0 Å². The van der Waals surface area contributed by atoms with Crippen molar-refractivity contribution in [3.05, 3.63) is 33.8 Å². The van der Waals surface area contributed by atoms with Crippen molar-refractivity contribution in [2.45, 2.75) is 25.3 Å². The lowest BCUT2D eigenvalue weighted by Gasteiger charge is -2.43. The van der Waals surface area contributed by atoms with Gasteiger partial charge in [0.25, 0.3) is 0 Å². The van der Waals surface area contributed by atoms with Gasteiger partial charge in [-0.1, -0.05) is 41.8 Å². The molecule has 1 N–H and O–H groups in total. The molecule has 0 bridgehead atoms. The molecule has 0 aromatic heterocycles. The van der Waals surface area contributed by atoms with Crippen molar-refractivity contribution in [2.24, 2.45) is 5.92 Å². The summed E-state index contributed by atoms with van der Waals surface area (Å²) in [5.41, 5.74) is 1.22. The summed E-state index contributed by atoms with van der Waals surface area (Å²) in [6.07, 6.45) is 3.99. The SMILES string of the molecule is Clc1cccc([C@@H](C2CCC2)N2CCNCC2)c1Cl. The van der Waals surface area contributed by atoms with E-state index in [1.165, 1.54) is 24.8 Å². The highest BCUT2D eigenvalue weighted by molar-refractivity contribution is 6.42. The maximum absolute atomic E-state index is 6.46. The van der Waals surface area contributed by atoms with Crippen LogP contribution in [0.3, 0.4) is 0 Å². The van der Waals surface area contributed by atoms with Crippen molar-refractivity contribution in [3.8, 4) is 0 Å². The summed E-state index contributed by atoms with van der Waals surface area (Å²) in [4.78, 5) is 2.58. The van der Waals surface area contributed by atoms with Gasteiger partial charge in [0.05, 0.1) is 10.0 Å². The Morgan fingerprint density at radius 2 is 1.89 bits per heavy atom. The number of nitrogens with one attached hydrogen (secondary N) is 1. The van der Waals surface area contributed by atoms with Gasteiger partial charge in [-0.05, 0) is 30.4 Å². The first-order chi connectivity index (χ1) is 9.27. The van der Waals surface area contributed by atoms with Gasteiger partial charge in [-0.3, -0.25) is 4.90 Å². The fourth-order valence-corrected chi connectivity index (χ4v) is 3.63. The Kier molecular flexibility index (Phi) is 4.33. The number of piperazine rings is 1. The molecule has 1 saturated carbocycles. The van der Waals surface area contributed by atoms with Crippen LogP contribution in [0.2, 0.25) is 10.0 Å². The van der Waals surface area contributed by atoms with Crippen molar-refractivity contribution < 1.29 is 0 Å². The monoisotopic (exact) mass is 298 g/mol. The van der Waals surface area contributed by atoms with Gasteiger partial charge in [0.1, 0.15) is 0 Å². The molecule has 19 heavy (non-hydrogen) atoms. The molecule has 4 heteroatoms.